The molecule has 206 valence electrons. The van der Waals surface area contributed by atoms with Gasteiger partial charge < -0.3 is 20.3 Å². The van der Waals surface area contributed by atoms with E-state index in [1.807, 2.05) is 45.0 Å². The van der Waals surface area contributed by atoms with Crippen molar-refractivity contribution in [2.45, 2.75) is 117 Å². The Balaban J connectivity index is 2.54. The van der Waals surface area contributed by atoms with Crippen LogP contribution in [0.1, 0.15) is 104 Å². The van der Waals surface area contributed by atoms with E-state index >= 15 is 0 Å². The van der Waals surface area contributed by atoms with Gasteiger partial charge in [0, 0.05) is 12.1 Å². The van der Waals surface area contributed by atoms with Crippen LogP contribution >= 0.6 is 0 Å². The second kappa shape index (κ2) is 13.6. The molecule has 7 nitrogen and oxygen atoms in total. The number of hydrogen-bond acceptors (Lipinski definition) is 4. The summed E-state index contributed by atoms with van der Waals surface area (Å²) in [6.45, 7) is 17.2. The number of ether oxygens (including phenoxy) is 1. The molecule has 1 aromatic carbocycles. The first kappa shape index (κ1) is 30.4. The largest absolute Gasteiger partial charge is 0.444 e. The first-order chi connectivity index (χ1) is 17.4. The SMILES string of the molecule is C=Cc1cccc(C(C(=O)NC(C)CCC)N(C(=O)C(NC(=O)OC(C)(C)C)C(C)CC)C2CCC2)c1. The summed E-state index contributed by atoms with van der Waals surface area (Å²) >= 11 is 0. The van der Waals surface area contributed by atoms with Gasteiger partial charge >= 0.3 is 6.09 Å². The van der Waals surface area contributed by atoms with E-state index in [1.54, 1.807) is 31.7 Å². The van der Waals surface area contributed by atoms with Gasteiger partial charge in [-0.05, 0) is 76.5 Å². The fourth-order valence-electron chi connectivity index (χ4n) is 4.58. The molecule has 0 radical (unpaired) electrons. The van der Waals surface area contributed by atoms with Crippen LogP contribution in [0.25, 0.3) is 6.08 Å². The summed E-state index contributed by atoms with van der Waals surface area (Å²) in [5, 5.41) is 5.97. The van der Waals surface area contributed by atoms with Crippen LogP contribution < -0.4 is 10.6 Å². The van der Waals surface area contributed by atoms with Gasteiger partial charge in [-0.3, -0.25) is 9.59 Å². The van der Waals surface area contributed by atoms with Crippen molar-refractivity contribution in [3.63, 3.8) is 0 Å². The van der Waals surface area contributed by atoms with Gasteiger partial charge in [0.1, 0.15) is 17.7 Å². The van der Waals surface area contributed by atoms with E-state index in [0.717, 1.165) is 43.2 Å². The molecule has 0 saturated heterocycles. The van der Waals surface area contributed by atoms with Gasteiger partial charge in [-0.15, -0.1) is 0 Å². The summed E-state index contributed by atoms with van der Waals surface area (Å²) in [7, 11) is 0. The summed E-state index contributed by atoms with van der Waals surface area (Å²) in [4.78, 5) is 42.6. The van der Waals surface area contributed by atoms with Gasteiger partial charge in [-0.2, -0.15) is 0 Å². The van der Waals surface area contributed by atoms with Gasteiger partial charge in [0.05, 0.1) is 0 Å². The van der Waals surface area contributed by atoms with E-state index in [1.165, 1.54) is 0 Å². The van der Waals surface area contributed by atoms with Crippen LogP contribution in [0.4, 0.5) is 4.79 Å². The minimum atomic E-state index is -0.816. The summed E-state index contributed by atoms with van der Waals surface area (Å²) < 4.78 is 5.48. The Morgan fingerprint density at radius 3 is 2.35 bits per heavy atom. The maximum absolute atomic E-state index is 14.3. The lowest BCUT2D eigenvalue weighted by Crippen LogP contribution is -2.59. The van der Waals surface area contributed by atoms with Gasteiger partial charge in [-0.25, -0.2) is 4.79 Å². The Morgan fingerprint density at radius 1 is 1.16 bits per heavy atom. The van der Waals surface area contributed by atoms with Gasteiger partial charge in [0.15, 0.2) is 0 Å². The van der Waals surface area contributed by atoms with Crippen molar-refractivity contribution in [1.82, 2.24) is 15.5 Å². The molecule has 2 N–H and O–H groups in total. The molecule has 4 atom stereocenters. The molecule has 7 heteroatoms. The number of carbonyl (C=O) groups excluding carboxylic acids is 3. The normalized spacial score (nSPS) is 16.9. The van der Waals surface area contributed by atoms with Gasteiger partial charge in [0.25, 0.3) is 0 Å². The fraction of sp³-hybridized carbons (Fsp3) is 0.633. The highest BCUT2D eigenvalue weighted by Crippen LogP contribution is 2.35. The lowest BCUT2D eigenvalue weighted by atomic mass is 9.86. The Morgan fingerprint density at radius 2 is 1.84 bits per heavy atom. The van der Waals surface area contributed by atoms with Crippen LogP contribution in [0.3, 0.4) is 0 Å². The third kappa shape index (κ3) is 8.61. The van der Waals surface area contributed by atoms with E-state index < -0.39 is 23.8 Å². The van der Waals surface area contributed by atoms with Crippen LogP contribution in [0.2, 0.25) is 0 Å². The van der Waals surface area contributed by atoms with Crippen molar-refractivity contribution in [2.75, 3.05) is 0 Å². The number of nitrogens with zero attached hydrogens (tertiary/aromatic N) is 1. The van der Waals surface area contributed by atoms with Crippen molar-refractivity contribution in [3.05, 3.63) is 42.0 Å². The van der Waals surface area contributed by atoms with Crippen molar-refractivity contribution < 1.29 is 19.1 Å². The van der Waals surface area contributed by atoms with Crippen molar-refractivity contribution in [1.29, 1.82) is 0 Å². The molecule has 4 unspecified atom stereocenters. The lowest BCUT2D eigenvalue weighted by molar-refractivity contribution is -0.148. The zero-order valence-corrected chi connectivity index (χ0v) is 23.8. The van der Waals surface area contributed by atoms with Crippen molar-refractivity contribution in [2.24, 2.45) is 5.92 Å². The van der Waals surface area contributed by atoms with E-state index in [0.29, 0.717) is 6.42 Å². The van der Waals surface area contributed by atoms with Crippen LogP contribution in [0.15, 0.2) is 30.8 Å². The number of benzene rings is 1. The van der Waals surface area contributed by atoms with Crippen molar-refractivity contribution >= 4 is 24.0 Å². The number of alkyl carbamates (subject to hydrolysis) is 1. The summed E-state index contributed by atoms with van der Waals surface area (Å²) in [5.41, 5.74) is 0.923. The lowest BCUT2D eigenvalue weighted by Gasteiger charge is -2.44. The van der Waals surface area contributed by atoms with E-state index in [2.05, 4.69) is 24.1 Å². The zero-order chi connectivity index (χ0) is 27.8. The molecule has 1 aliphatic rings. The second-order valence-electron chi connectivity index (χ2n) is 11.3. The average Bonchev–Trinajstić information content (AvgIpc) is 2.79. The molecular weight excluding hydrogens is 466 g/mol. The molecule has 1 aromatic rings. The smallest absolute Gasteiger partial charge is 0.408 e. The first-order valence-electron chi connectivity index (χ1n) is 13.8. The van der Waals surface area contributed by atoms with E-state index in [4.69, 9.17) is 4.74 Å². The zero-order valence-electron chi connectivity index (χ0n) is 23.8. The molecule has 0 bridgehead atoms. The summed E-state index contributed by atoms with van der Waals surface area (Å²) in [6.07, 6.45) is 6.21. The number of carbonyl (C=O) groups is 3. The van der Waals surface area contributed by atoms with Crippen LogP contribution in [-0.4, -0.2) is 46.5 Å². The predicted molar refractivity (Wildman–Crippen MR) is 149 cm³/mol. The third-order valence-electron chi connectivity index (χ3n) is 6.97. The highest BCUT2D eigenvalue weighted by atomic mass is 16.6. The molecule has 0 heterocycles. The molecular formula is C30H47N3O4. The minimum absolute atomic E-state index is 0.0221. The van der Waals surface area contributed by atoms with Crippen LogP contribution in [0.5, 0.6) is 0 Å². The molecule has 0 aliphatic heterocycles. The quantitative estimate of drug-likeness (QED) is 0.359. The predicted octanol–water partition coefficient (Wildman–Crippen LogP) is 6.00. The maximum atomic E-state index is 14.3. The topological polar surface area (TPSA) is 87.7 Å². The molecule has 2 rings (SSSR count). The fourth-order valence-corrected chi connectivity index (χ4v) is 4.58. The highest BCUT2D eigenvalue weighted by Gasteiger charge is 2.43. The number of nitrogens with one attached hydrogen (secondary N) is 2. The second-order valence-corrected chi connectivity index (χ2v) is 11.3. The molecule has 0 spiro atoms. The molecule has 37 heavy (non-hydrogen) atoms. The Bertz CT molecular complexity index is 935. The summed E-state index contributed by atoms with van der Waals surface area (Å²) in [6, 6.07) is 5.88. The number of rotatable bonds is 12. The Hall–Kier alpha value is -2.83. The van der Waals surface area contributed by atoms with E-state index in [-0.39, 0.29) is 29.8 Å². The maximum Gasteiger partial charge on any atom is 0.408 e. The Labute approximate surface area is 223 Å². The molecule has 1 fully saturated rings. The number of amides is 3. The molecule has 1 aliphatic carbocycles. The molecule has 0 aromatic heterocycles. The monoisotopic (exact) mass is 513 g/mol. The van der Waals surface area contributed by atoms with Gasteiger partial charge in [-0.1, -0.05) is 64.5 Å². The van der Waals surface area contributed by atoms with E-state index in [9.17, 15) is 14.4 Å². The first-order valence-corrected chi connectivity index (χ1v) is 13.8. The molecule has 3 amide bonds. The van der Waals surface area contributed by atoms with Crippen LogP contribution in [0, 0.1) is 5.92 Å². The average molecular weight is 514 g/mol. The minimum Gasteiger partial charge on any atom is -0.444 e. The van der Waals surface area contributed by atoms with Crippen LogP contribution in [-0.2, 0) is 14.3 Å². The number of hydrogen-bond donors (Lipinski definition) is 2. The van der Waals surface area contributed by atoms with Crippen molar-refractivity contribution in [3.8, 4) is 0 Å². The standard InChI is InChI=1S/C30H47N3O4/c1-9-14-21(5)31-27(34)26(23-16-12-15-22(11-3)19-23)33(24-17-13-18-24)28(35)25(20(4)10-2)32-29(36)37-30(6,7)8/h11-12,15-16,19-21,24-26H,3,9-10,13-14,17-18H2,1-2,4-8H3,(H,31,34)(H,32,36). The Kier molecular flexibility index (Phi) is 11.2. The van der Waals surface area contributed by atoms with Gasteiger partial charge in [0.2, 0.25) is 11.8 Å². The third-order valence-corrected chi connectivity index (χ3v) is 6.97. The summed E-state index contributed by atoms with van der Waals surface area (Å²) in [5.74, 6) is -0.607. The molecule has 1 saturated carbocycles. The highest BCUT2D eigenvalue weighted by molar-refractivity contribution is 5.92.